The first-order valence-electron chi connectivity index (χ1n) is 4.43. The lowest BCUT2D eigenvalue weighted by Gasteiger charge is -1.99. The summed E-state index contributed by atoms with van der Waals surface area (Å²) in [6, 6.07) is 5.61. The monoisotopic (exact) mass is 198 g/mol. The lowest BCUT2D eigenvalue weighted by molar-refractivity contribution is -0.119. The Hall–Kier alpha value is -1.38. The van der Waals surface area contributed by atoms with Crippen LogP contribution in [-0.4, -0.2) is 10.9 Å². The summed E-state index contributed by atoms with van der Waals surface area (Å²) in [5.41, 5.74) is 0.878. The summed E-state index contributed by atoms with van der Waals surface area (Å²) in [5.74, 6) is -0.0318. The van der Waals surface area contributed by atoms with E-state index in [-0.39, 0.29) is 14.8 Å². The maximum Gasteiger partial charge on any atom is 0.217 e. The Morgan fingerprint density at radius 2 is 2.14 bits per heavy atom. The molecule has 1 amide bonds. The van der Waals surface area contributed by atoms with E-state index in [2.05, 4.69) is 10.3 Å². The van der Waals surface area contributed by atoms with Gasteiger partial charge in [-0.2, -0.15) is 0 Å². The number of carbonyl (C=O) groups is 1. The molecule has 0 aliphatic carbocycles. The number of pyridine rings is 1. The SMILES string of the molecule is C.CC.CC(=O)NCc1ccccn1.[HH]. The van der Waals surface area contributed by atoms with Gasteiger partial charge in [0.2, 0.25) is 5.91 Å². The first-order chi connectivity index (χ1) is 6.29. The summed E-state index contributed by atoms with van der Waals surface area (Å²) in [5, 5.41) is 2.66. The molecule has 0 radical (unpaired) electrons. The third-order valence-electron chi connectivity index (χ3n) is 1.24. The minimum absolute atomic E-state index is 0. The first kappa shape index (κ1) is 15.1. The highest BCUT2D eigenvalue weighted by molar-refractivity contribution is 5.72. The second kappa shape index (κ2) is 9.71. The molecule has 0 atom stereocenters. The molecule has 3 heteroatoms. The van der Waals surface area contributed by atoms with Crippen molar-refractivity contribution in [2.75, 3.05) is 0 Å². The topological polar surface area (TPSA) is 42.0 Å². The molecule has 0 saturated carbocycles. The zero-order valence-corrected chi connectivity index (χ0v) is 8.37. The molecular formula is C11H22N2O. The van der Waals surface area contributed by atoms with Gasteiger partial charge in [0.25, 0.3) is 0 Å². The molecule has 0 aliphatic rings. The fraction of sp³-hybridized carbons (Fsp3) is 0.455. The van der Waals surface area contributed by atoms with Crippen LogP contribution in [0.15, 0.2) is 24.4 Å². The van der Waals surface area contributed by atoms with Crippen molar-refractivity contribution in [3.8, 4) is 0 Å². The summed E-state index contributed by atoms with van der Waals surface area (Å²) < 4.78 is 0. The highest BCUT2D eigenvalue weighted by Gasteiger charge is 1.92. The molecule has 0 bridgehead atoms. The van der Waals surface area contributed by atoms with Crippen molar-refractivity contribution >= 4 is 5.91 Å². The fourth-order valence-electron chi connectivity index (χ4n) is 0.718. The molecule has 0 aromatic carbocycles. The van der Waals surface area contributed by atoms with E-state index in [1.54, 1.807) is 6.20 Å². The van der Waals surface area contributed by atoms with Crippen LogP contribution in [0.4, 0.5) is 0 Å². The molecular weight excluding hydrogens is 176 g/mol. The van der Waals surface area contributed by atoms with Crippen LogP contribution in [-0.2, 0) is 11.3 Å². The maximum absolute atomic E-state index is 10.5. The number of amides is 1. The molecule has 82 valence electrons. The van der Waals surface area contributed by atoms with Gasteiger partial charge in [0.15, 0.2) is 0 Å². The number of aromatic nitrogens is 1. The highest BCUT2D eigenvalue weighted by Crippen LogP contribution is 1.90. The van der Waals surface area contributed by atoms with Crippen molar-refractivity contribution in [3.63, 3.8) is 0 Å². The van der Waals surface area contributed by atoms with E-state index in [9.17, 15) is 4.79 Å². The average molecular weight is 198 g/mol. The first-order valence-corrected chi connectivity index (χ1v) is 4.43. The molecule has 3 nitrogen and oxygen atoms in total. The van der Waals surface area contributed by atoms with E-state index in [1.165, 1.54) is 6.92 Å². The fourth-order valence-corrected chi connectivity index (χ4v) is 0.718. The zero-order valence-electron chi connectivity index (χ0n) is 8.37. The van der Waals surface area contributed by atoms with Crippen molar-refractivity contribution < 1.29 is 6.22 Å². The molecule has 1 heterocycles. The van der Waals surface area contributed by atoms with Gasteiger partial charge in [0, 0.05) is 14.5 Å². The summed E-state index contributed by atoms with van der Waals surface area (Å²) in [6.45, 7) is 6.00. The zero-order chi connectivity index (χ0) is 10.1. The van der Waals surface area contributed by atoms with Gasteiger partial charge in [0.1, 0.15) is 0 Å². The van der Waals surface area contributed by atoms with Gasteiger partial charge in [-0.05, 0) is 12.1 Å². The summed E-state index contributed by atoms with van der Waals surface area (Å²) in [7, 11) is 0. The average Bonchev–Trinajstić information content (AvgIpc) is 2.19. The predicted octanol–water partition coefficient (Wildman–Crippen LogP) is 2.63. The van der Waals surface area contributed by atoms with E-state index in [4.69, 9.17) is 0 Å². The number of hydrogen-bond donors (Lipinski definition) is 1. The van der Waals surface area contributed by atoms with Gasteiger partial charge in [0.05, 0.1) is 12.2 Å². The van der Waals surface area contributed by atoms with Gasteiger partial charge in [-0.15, -0.1) is 0 Å². The number of nitrogens with zero attached hydrogens (tertiary/aromatic N) is 1. The van der Waals surface area contributed by atoms with Crippen LogP contribution in [0.5, 0.6) is 0 Å². The molecule has 0 fully saturated rings. The maximum atomic E-state index is 10.5. The number of carbonyl (C=O) groups excluding carboxylic acids is 1. The Labute approximate surface area is 88.0 Å². The van der Waals surface area contributed by atoms with Crippen LogP contribution in [0.1, 0.15) is 35.3 Å². The number of rotatable bonds is 2. The minimum atomic E-state index is -0.0318. The lowest BCUT2D eigenvalue weighted by Crippen LogP contribution is -2.19. The van der Waals surface area contributed by atoms with Crippen molar-refractivity contribution in [1.29, 1.82) is 0 Å². The molecule has 0 aliphatic heterocycles. The van der Waals surface area contributed by atoms with Crippen molar-refractivity contribution in [3.05, 3.63) is 30.1 Å². The van der Waals surface area contributed by atoms with Crippen LogP contribution in [0.25, 0.3) is 0 Å². The highest BCUT2D eigenvalue weighted by atomic mass is 16.1. The van der Waals surface area contributed by atoms with Crippen LogP contribution in [0.2, 0.25) is 0 Å². The Morgan fingerprint density at radius 1 is 1.50 bits per heavy atom. The smallest absolute Gasteiger partial charge is 0.217 e. The lowest BCUT2D eigenvalue weighted by atomic mass is 10.3. The summed E-state index contributed by atoms with van der Waals surface area (Å²) in [6.07, 6.45) is 1.71. The Bertz CT molecular complexity index is 240. The van der Waals surface area contributed by atoms with E-state index < -0.39 is 0 Å². The van der Waals surface area contributed by atoms with Crippen molar-refractivity contribution in [1.82, 2.24) is 10.3 Å². The largest absolute Gasteiger partial charge is 0.351 e. The van der Waals surface area contributed by atoms with Gasteiger partial charge in [-0.1, -0.05) is 27.3 Å². The van der Waals surface area contributed by atoms with E-state index in [0.717, 1.165) is 5.69 Å². The van der Waals surface area contributed by atoms with Gasteiger partial charge in [-0.25, -0.2) is 0 Å². The van der Waals surface area contributed by atoms with E-state index in [0.29, 0.717) is 6.54 Å². The molecule has 0 unspecified atom stereocenters. The normalized spacial score (nSPS) is 7.64. The third kappa shape index (κ3) is 7.28. The predicted molar refractivity (Wildman–Crippen MR) is 62.0 cm³/mol. The van der Waals surface area contributed by atoms with Gasteiger partial charge < -0.3 is 5.32 Å². The van der Waals surface area contributed by atoms with Crippen LogP contribution in [0, 0.1) is 0 Å². The molecule has 14 heavy (non-hydrogen) atoms. The molecule has 0 saturated heterocycles. The number of hydrogen-bond acceptors (Lipinski definition) is 2. The van der Waals surface area contributed by atoms with Crippen LogP contribution < -0.4 is 5.32 Å². The molecule has 1 aromatic rings. The van der Waals surface area contributed by atoms with Crippen LogP contribution in [0.3, 0.4) is 0 Å². The third-order valence-corrected chi connectivity index (χ3v) is 1.24. The van der Waals surface area contributed by atoms with Crippen molar-refractivity contribution in [2.45, 2.75) is 34.7 Å². The molecule has 1 aromatic heterocycles. The van der Waals surface area contributed by atoms with E-state index >= 15 is 0 Å². The minimum Gasteiger partial charge on any atom is -0.351 e. The Balaban J connectivity index is -0.000000339. The van der Waals surface area contributed by atoms with Crippen LogP contribution >= 0.6 is 0 Å². The van der Waals surface area contributed by atoms with Gasteiger partial charge >= 0.3 is 0 Å². The molecule has 1 N–H and O–H groups in total. The summed E-state index contributed by atoms with van der Waals surface area (Å²) >= 11 is 0. The second-order valence-corrected chi connectivity index (χ2v) is 2.23. The molecule has 1 rings (SSSR count). The number of nitrogens with one attached hydrogen (secondary N) is 1. The van der Waals surface area contributed by atoms with Crippen molar-refractivity contribution in [2.24, 2.45) is 0 Å². The second-order valence-electron chi connectivity index (χ2n) is 2.23. The Kier molecular flexibility index (Phi) is 10.5. The summed E-state index contributed by atoms with van der Waals surface area (Å²) in [4.78, 5) is 14.5. The Morgan fingerprint density at radius 3 is 2.57 bits per heavy atom. The van der Waals surface area contributed by atoms with Gasteiger partial charge in [-0.3, -0.25) is 9.78 Å². The van der Waals surface area contributed by atoms with E-state index in [1.807, 2.05) is 32.0 Å². The standard InChI is InChI=1S/C8H10N2O.C2H6.CH4.H2/c1-7(11)10-6-8-4-2-3-5-9-8;1-2;;/h2-5H,6H2,1H3,(H,10,11);1-2H3;1H4;1H. The molecule has 0 spiro atoms. The quantitative estimate of drug-likeness (QED) is 0.793.